The van der Waals surface area contributed by atoms with Gasteiger partial charge in [0.15, 0.2) is 0 Å². The molecule has 0 radical (unpaired) electrons. The minimum absolute atomic E-state index is 0.433. The highest BCUT2D eigenvalue weighted by Gasteiger charge is 2.21. The first-order chi connectivity index (χ1) is 5.34. The number of carbonyl (C=O) groups is 1. The van der Waals surface area contributed by atoms with E-state index in [0.29, 0.717) is 11.7 Å². The molecule has 1 aliphatic carbocycles. The highest BCUT2D eigenvalue weighted by atomic mass is 32.2. The van der Waals surface area contributed by atoms with Gasteiger partial charge in [-0.3, -0.25) is 4.79 Å². The van der Waals surface area contributed by atoms with E-state index < -0.39 is 0 Å². The molecule has 1 rings (SSSR count). The number of carbonyl (C=O) groups excluding carboxylic acids is 1. The summed E-state index contributed by atoms with van der Waals surface area (Å²) in [6.07, 6.45) is 7.72. The van der Waals surface area contributed by atoms with Crippen LogP contribution in [0.25, 0.3) is 0 Å². The van der Waals surface area contributed by atoms with Gasteiger partial charge in [0.25, 0.3) is 0 Å². The maximum Gasteiger partial charge on any atom is 0.136 e. The molecule has 0 saturated heterocycles. The first-order valence-corrected chi connectivity index (χ1v) is 5.75. The lowest BCUT2D eigenvalue weighted by Gasteiger charge is -2.05. The molecule has 0 heterocycles. The fourth-order valence-electron chi connectivity index (χ4n) is 1.65. The Morgan fingerprint density at radius 3 is 2.64 bits per heavy atom. The minimum atomic E-state index is 0.433. The van der Waals surface area contributed by atoms with Crippen LogP contribution >= 0.6 is 11.8 Å². The summed E-state index contributed by atoms with van der Waals surface area (Å²) in [5.41, 5.74) is 0. The van der Waals surface area contributed by atoms with E-state index in [0.717, 1.165) is 25.0 Å². The number of thioether (sulfide) groups is 1. The van der Waals surface area contributed by atoms with Gasteiger partial charge in [0.2, 0.25) is 0 Å². The van der Waals surface area contributed by atoms with E-state index >= 15 is 0 Å². The predicted molar refractivity (Wildman–Crippen MR) is 50.0 cm³/mol. The normalized spacial score (nSPS) is 19.0. The van der Waals surface area contributed by atoms with Crippen LogP contribution in [0.15, 0.2) is 0 Å². The van der Waals surface area contributed by atoms with Gasteiger partial charge in [-0.2, -0.15) is 11.8 Å². The lowest BCUT2D eigenvalue weighted by molar-refractivity contribution is -0.122. The van der Waals surface area contributed by atoms with Gasteiger partial charge in [-0.15, -0.1) is 0 Å². The smallest absolute Gasteiger partial charge is 0.136 e. The monoisotopic (exact) mass is 172 g/mol. The second-order valence-corrected chi connectivity index (χ2v) is 4.18. The van der Waals surface area contributed by atoms with E-state index in [4.69, 9.17) is 0 Å². The Morgan fingerprint density at radius 1 is 1.45 bits per heavy atom. The largest absolute Gasteiger partial charge is 0.299 e. The molecule has 0 spiro atoms. The molecule has 0 aromatic carbocycles. The van der Waals surface area contributed by atoms with Crippen LogP contribution in [0.4, 0.5) is 0 Å². The molecule has 11 heavy (non-hydrogen) atoms. The van der Waals surface area contributed by atoms with Gasteiger partial charge in [0, 0.05) is 12.3 Å². The molecule has 0 amide bonds. The summed E-state index contributed by atoms with van der Waals surface area (Å²) in [5, 5.41) is 0. The average molecular weight is 172 g/mol. The molecule has 1 fully saturated rings. The topological polar surface area (TPSA) is 17.1 Å². The van der Waals surface area contributed by atoms with Gasteiger partial charge in [0.1, 0.15) is 5.78 Å². The highest BCUT2D eigenvalue weighted by Crippen LogP contribution is 2.26. The number of rotatable bonds is 4. The van der Waals surface area contributed by atoms with Crippen LogP contribution in [0.1, 0.15) is 32.1 Å². The van der Waals surface area contributed by atoms with E-state index in [1.807, 2.05) is 0 Å². The van der Waals surface area contributed by atoms with Gasteiger partial charge < -0.3 is 0 Å². The Bertz CT molecular complexity index is 128. The zero-order valence-electron chi connectivity index (χ0n) is 7.14. The second-order valence-electron chi connectivity index (χ2n) is 3.19. The van der Waals surface area contributed by atoms with Crippen LogP contribution in [0.2, 0.25) is 0 Å². The number of hydrogen-bond acceptors (Lipinski definition) is 2. The Labute approximate surface area is 72.9 Å². The summed E-state index contributed by atoms with van der Waals surface area (Å²) in [6.45, 7) is 0. The molecule has 0 aliphatic heterocycles. The fourth-order valence-corrected chi connectivity index (χ4v) is 2.06. The summed E-state index contributed by atoms with van der Waals surface area (Å²) in [6, 6.07) is 0. The van der Waals surface area contributed by atoms with Crippen molar-refractivity contribution < 1.29 is 4.79 Å². The number of Topliss-reactive ketones (excluding diaryl/α,β-unsaturated/α-hetero) is 1. The predicted octanol–water partition coefficient (Wildman–Crippen LogP) is 2.50. The summed E-state index contributed by atoms with van der Waals surface area (Å²) >= 11 is 1.77. The van der Waals surface area contributed by atoms with E-state index in [1.54, 1.807) is 11.8 Å². The maximum absolute atomic E-state index is 11.4. The lowest BCUT2D eigenvalue weighted by atomic mass is 10.0. The third-order valence-corrected chi connectivity index (χ3v) is 2.98. The summed E-state index contributed by atoms with van der Waals surface area (Å²) < 4.78 is 0. The van der Waals surface area contributed by atoms with Crippen molar-refractivity contribution in [3.63, 3.8) is 0 Å². The molecule has 1 aliphatic rings. The quantitative estimate of drug-likeness (QED) is 0.648. The summed E-state index contributed by atoms with van der Waals surface area (Å²) in [4.78, 5) is 11.4. The van der Waals surface area contributed by atoms with Crippen LogP contribution in [-0.4, -0.2) is 17.8 Å². The molecular formula is C9H16OS. The zero-order valence-corrected chi connectivity index (χ0v) is 7.95. The SMILES string of the molecule is CSCCC(=O)C1CCCC1. The Morgan fingerprint density at radius 2 is 2.09 bits per heavy atom. The molecule has 0 unspecified atom stereocenters. The van der Waals surface area contributed by atoms with Crippen LogP contribution in [-0.2, 0) is 4.79 Å². The van der Waals surface area contributed by atoms with E-state index in [2.05, 4.69) is 6.26 Å². The molecule has 64 valence electrons. The fraction of sp³-hybridized carbons (Fsp3) is 0.889. The van der Waals surface area contributed by atoms with Crippen molar-refractivity contribution >= 4 is 17.5 Å². The minimum Gasteiger partial charge on any atom is -0.299 e. The van der Waals surface area contributed by atoms with Crippen molar-refractivity contribution in [2.45, 2.75) is 32.1 Å². The molecule has 0 bridgehead atoms. The van der Waals surface area contributed by atoms with Crippen LogP contribution in [0.3, 0.4) is 0 Å². The maximum atomic E-state index is 11.4. The molecule has 2 heteroatoms. The third-order valence-electron chi connectivity index (χ3n) is 2.36. The summed E-state index contributed by atoms with van der Waals surface area (Å²) in [5.74, 6) is 1.95. The van der Waals surface area contributed by atoms with Crippen molar-refractivity contribution in [3.8, 4) is 0 Å². The van der Waals surface area contributed by atoms with Gasteiger partial charge in [-0.25, -0.2) is 0 Å². The van der Waals surface area contributed by atoms with E-state index in [9.17, 15) is 4.79 Å². The molecule has 0 N–H and O–H groups in total. The Hall–Kier alpha value is 0.0200. The van der Waals surface area contributed by atoms with Gasteiger partial charge in [-0.05, 0) is 24.9 Å². The third kappa shape index (κ3) is 2.86. The van der Waals surface area contributed by atoms with E-state index in [-0.39, 0.29) is 0 Å². The number of hydrogen-bond donors (Lipinski definition) is 0. The van der Waals surface area contributed by atoms with Crippen molar-refractivity contribution in [1.82, 2.24) is 0 Å². The zero-order chi connectivity index (χ0) is 8.10. The average Bonchev–Trinajstić information content (AvgIpc) is 2.52. The first kappa shape index (κ1) is 9.11. The summed E-state index contributed by atoms with van der Waals surface area (Å²) in [7, 11) is 0. The van der Waals surface area contributed by atoms with Crippen molar-refractivity contribution in [2.75, 3.05) is 12.0 Å². The Balaban J connectivity index is 2.17. The number of ketones is 1. The van der Waals surface area contributed by atoms with Crippen LogP contribution in [0, 0.1) is 5.92 Å². The van der Waals surface area contributed by atoms with Gasteiger partial charge >= 0.3 is 0 Å². The van der Waals surface area contributed by atoms with Crippen molar-refractivity contribution in [1.29, 1.82) is 0 Å². The van der Waals surface area contributed by atoms with Crippen LogP contribution in [0.5, 0.6) is 0 Å². The molecule has 1 saturated carbocycles. The first-order valence-electron chi connectivity index (χ1n) is 4.36. The molecular weight excluding hydrogens is 156 g/mol. The van der Waals surface area contributed by atoms with Gasteiger partial charge in [0.05, 0.1) is 0 Å². The van der Waals surface area contributed by atoms with Crippen molar-refractivity contribution in [2.24, 2.45) is 5.92 Å². The standard InChI is InChI=1S/C9H16OS/c1-11-7-6-9(10)8-4-2-3-5-8/h8H,2-7H2,1H3. The molecule has 0 aromatic rings. The second kappa shape index (κ2) is 4.81. The van der Waals surface area contributed by atoms with Crippen LogP contribution < -0.4 is 0 Å². The van der Waals surface area contributed by atoms with Gasteiger partial charge in [-0.1, -0.05) is 12.8 Å². The molecule has 1 nitrogen and oxygen atoms in total. The van der Waals surface area contributed by atoms with E-state index in [1.165, 1.54) is 12.8 Å². The van der Waals surface area contributed by atoms with Crippen molar-refractivity contribution in [3.05, 3.63) is 0 Å². The highest BCUT2D eigenvalue weighted by molar-refractivity contribution is 7.98. The molecule has 0 atom stereocenters. The Kier molecular flexibility index (Phi) is 3.98. The molecule has 0 aromatic heterocycles. The lowest BCUT2D eigenvalue weighted by Crippen LogP contribution is -2.10.